The summed E-state index contributed by atoms with van der Waals surface area (Å²) in [5.74, 6) is 0.833. The monoisotopic (exact) mass is 538 g/mol. The molecule has 0 saturated carbocycles. The van der Waals surface area contributed by atoms with Gasteiger partial charge in [0.2, 0.25) is 0 Å². The van der Waals surface area contributed by atoms with Crippen molar-refractivity contribution in [2.24, 2.45) is 0 Å². The molecule has 182 valence electrons. The van der Waals surface area contributed by atoms with Gasteiger partial charge in [0.1, 0.15) is 23.8 Å². The normalized spacial score (nSPS) is 14.3. The highest BCUT2D eigenvalue weighted by atomic mass is 79.9. The Kier molecular flexibility index (Phi) is 7.05. The van der Waals surface area contributed by atoms with Crippen molar-refractivity contribution in [3.05, 3.63) is 93.1 Å². The summed E-state index contributed by atoms with van der Waals surface area (Å²) >= 11 is 3.68. The van der Waals surface area contributed by atoms with E-state index in [2.05, 4.69) is 35.8 Å². The number of hydrogen-bond acceptors (Lipinski definition) is 6. The lowest BCUT2D eigenvalue weighted by atomic mass is 10.1. The summed E-state index contributed by atoms with van der Waals surface area (Å²) in [5, 5.41) is 10.4. The SMILES string of the molecule is CC1=CC(OCc2ccc(F)cc2)=C(Br)CN1c1cc(-c2nc(C(C)(C)O)ncc2C)ncc1C. The van der Waals surface area contributed by atoms with Crippen LogP contribution in [0.4, 0.5) is 10.1 Å². The number of nitrogens with zero attached hydrogens (tertiary/aromatic N) is 4. The largest absolute Gasteiger partial charge is 0.488 e. The van der Waals surface area contributed by atoms with Crippen LogP contribution >= 0.6 is 15.9 Å². The van der Waals surface area contributed by atoms with Gasteiger partial charge in [0, 0.05) is 29.9 Å². The van der Waals surface area contributed by atoms with E-state index in [0.29, 0.717) is 30.4 Å². The van der Waals surface area contributed by atoms with Crippen molar-refractivity contribution in [3.8, 4) is 11.4 Å². The highest BCUT2D eigenvalue weighted by Gasteiger charge is 2.24. The molecule has 3 aromatic rings. The molecule has 0 atom stereocenters. The Morgan fingerprint density at radius 3 is 2.46 bits per heavy atom. The van der Waals surface area contributed by atoms with Gasteiger partial charge < -0.3 is 14.7 Å². The van der Waals surface area contributed by atoms with Crippen molar-refractivity contribution in [2.75, 3.05) is 11.4 Å². The fraction of sp³-hybridized carbons (Fsp3) is 0.296. The third-order valence-electron chi connectivity index (χ3n) is 5.76. The van der Waals surface area contributed by atoms with Crippen LogP contribution in [0.15, 0.2) is 64.7 Å². The highest BCUT2D eigenvalue weighted by molar-refractivity contribution is 9.11. The number of allylic oxidation sites excluding steroid dienone is 2. The molecule has 0 spiro atoms. The number of aromatic nitrogens is 3. The molecule has 2 aromatic heterocycles. The van der Waals surface area contributed by atoms with E-state index in [-0.39, 0.29) is 5.82 Å². The van der Waals surface area contributed by atoms with Crippen LogP contribution in [-0.4, -0.2) is 26.6 Å². The number of benzene rings is 1. The van der Waals surface area contributed by atoms with Crippen LogP contribution in [0.5, 0.6) is 0 Å². The molecule has 0 saturated heterocycles. The average Bonchev–Trinajstić information content (AvgIpc) is 2.80. The van der Waals surface area contributed by atoms with Gasteiger partial charge in [0.15, 0.2) is 5.82 Å². The molecule has 0 radical (unpaired) electrons. The zero-order valence-electron chi connectivity index (χ0n) is 20.4. The Balaban J connectivity index is 1.60. The smallest absolute Gasteiger partial charge is 0.160 e. The van der Waals surface area contributed by atoms with Crippen LogP contribution in [0.1, 0.15) is 43.3 Å². The van der Waals surface area contributed by atoms with Crippen molar-refractivity contribution in [3.63, 3.8) is 0 Å². The van der Waals surface area contributed by atoms with E-state index in [9.17, 15) is 9.50 Å². The Labute approximate surface area is 213 Å². The van der Waals surface area contributed by atoms with E-state index in [1.165, 1.54) is 12.1 Å². The lowest BCUT2D eigenvalue weighted by Gasteiger charge is -2.31. The maximum absolute atomic E-state index is 13.2. The molecule has 3 heterocycles. The zero-order chi connectivity index (χ0) is 25.3. The van der Waals surface area contributed by atoms with Crippen LogP contribution in [0.3, 0.4) is 0 Å². The van der Waals surface area contributed by atoms with E-state index in [4.69, 9.17) is 4.74 Å². The van der Waals surface area contributed by atoms with Crippen LogP contribution < -0.4 is 4.90 Å². The Hall–Kier alpha value is -3.10. The summed E-state index contributed by atoms with van der Waals surface area (Å²) in [6.07, 6.45) is 5.54. The van der Waals surface area contributed by atoms with Crippen molar-refractivity contribution in [1.82, 2.24) is 15.0 Å². The lowest BCUT2D eigenvalue weighted by molar-refractivity contribution is 0.0688. The summed E-state index contributed by atoms with van der Waals surface area (Å²) in [5.41, 5.74) is 5.06. The molecule has 0 unspecified atom stereocenters. The summed E-state index contributed by atoms with van der Waals surface area (Å²) in [7, 11) is 0. The number of pyridine rings is 1. The maximum atomic E-state index is 13.2. The second-order valence-electron chi connectivity index (χ2n) is 9.20. The second kappa shape index (κ2) is 9.87. The fourth-order valence-electron chi connectivity index (χ4n) is 3.75. The van der Waals surface area contributed by atoms with Gasteiger partial charge in [-0.05, 0) is 85.4 Å². The van der Waals surface area contributed by atoms with E-state index >= 15 is 0 Å². The molecule has 1 aromatic carbocycles. The molecule has 4 rings (SSSR count). The number of hydrogen-bond donors (Lipinski definition) is 1. The quantitative estimate of drug-likeness (QED) is 0.410. The molecule has 1 aliphatic rings. The molecule has 0 fully saturated rings. The number of ether oxygens (including phenoxy) is 1. The highest BCUT2D eigenvalue weighted by Crippen LogP contribution is 2.34. The van der Waals surface area contributed by atoms with Crippen LogP contribution in [-0.2, 0) is 16.9 Å². The van der Waals surface area contributed by atoms with Crippen LogP contribution in [0, 0.1) is 19.7 Å². The molecule has 0 aliphatic carbocycles. The van der Waals surface area contributed by atoms with E-state index in [0.717, 1.165) is 38.3 Å². The number of anilines is 1. The van der Waals surface area contributed by atoms with Crippen molar-refractivity contribution in [1.29, 1.82) is 0 Å². The minimum absolute atomic E-state index is 0.265. The molecule has 1 N–H and O–H groups in total. The second-order valence-corrected chi connectivity index (χ2v) is 10.2. The van der Waals surface area contributed by atoms with Gasteiger partial charge in [-0.25, -0.2) is 14.4 Å². The first-order valence-corrected chi connectivity index (χ1v) is 12.1. The first-order valence-electron chi connectivity index (χ1n) is 11.3. The number of aryl methyl sites for hydroxylation is 2. The van der Waals surface area contributed by atoms with Gasteiger partial charge in [-0.2, -0.15) is 0 Å². The van der Waals surface area contributed by atoms with Gasteiger partial charge in [-0.3, -0.25) is 4.98 Å². The van der Waals surface area contributed by atoms with Crippen molar-refractivity contribution < 1.29 is 14.2 Å². The molecule has 6 nitrogen and oxygen atoms in total. The summed E-state index contributed by atoms with van der Waals surface area (Å²) in [4.78, 5) is 15.7. The minimum Gasteiger partial charge on any atom is -0.488 e. The number of halogens is 2. The van der Waals surface area contributed by atoms with Gasteiger partial charge >= 0.3 is 0 Å². The Morgan fingerprint density at radius 2 is 1.77 bits per heavy atom. The standard InChI is InChI=1S/C27H28BrFN4O2/c1-16-12-30-22(25-17(2)13-31-26(32-25)27(4,5)34)11-23(16)33-14-21(28)24(10-18(33)3)35-15-19-6-8-20(29)9-7-19/h6-13,34H,14-15H2,1-5H3. The predicted octanol–water partition coefficient (Wildman–Crippen LogP) is 6.07. The van der Waals surface area contributed by atoms with Crippen molar-refractivity contribution in [2.45, 2.75) is 46.8 Å². The van der Waals surface area contributed by atoms with Crippen LogP contribution in [0.25, 0.3) is 11.4 Å². The number of rotatable bonds is 6. The summed E-state index contributed by atoms with van der Waals surface area (Å²) < 4.78 is 20.1. The van der Waals surface area contributed by atoms with E-state index < -0.39 is 5.60 Å². The maximum Gasteiger partial charge on any atom is 0.160 e. The molecule has 1 aliphatic heterocycles. The summed E-state index contributed by atoms with van der Waals surface area (Å²) in [6.45, 7) is 10.2. The molecular weight excluding hydrogens is 511 g/mol. The molecule has 0 bridgehead atoms. The fourth-order valence-corrected chi connectivity index (χ4v) is 4.23. The zero-order valence-corrected chi connectivity index (χ0v) is 22.0. The summed E-state index contributed by atoms with van der Waals surface area (Å²) in [6, 6.07) is 8.31. The van der Waals surface area contributed by atoms with Gasteiger partial charge in [-0.1, -0.05) is 12.1 Å². The Morgan fingerprint density at radius 1 is 1.09 bits per heavy atom. The Bertz CT molecular complexity index is 1310. The van der Waals surface area contributed by atoms with Gasteiger partial charge in [-0.15, -0.1) is 0 Å². The minimum atomic E-state index is -1.15. The van der Waals surface area contributed by atoms with Crippen molar-refractivity contribution >= 4 is 21.6 Å². The first kappa shape index (κ1) is 25.0. The third-order valence-corrected chi connectivity index (χ3v) is 6.41. The van der Waals surface area contributed by atoms with Crippen LogP contribution in [0.2, 0.25) is 0 Å². The average molecular weight is 539 g/mol. The first-order chi connectivity index (χ1) is 16.5. The van der Waals surface area contributed by atoms with E-state index in [1.807, 2.05) is 39.1 Å². The topological polar surface area (TPSA) is 71.4 Å². The molecule has 35 heavy (non-hydrogen) atoms. The van der Waals surface area contributed by atoms with Gasteiger partial charge in [0.25, 0.3) is 0 Å². The molecule has 8 heteroatoms. The van der Waals surface area contributed by atoms with E-state index in [1.54, 1.807) is 32.2 Å². The number of aliphatic hydroxyl groups is 1. The third kappa shape index (κ3) is 5.60. The molecule has 0 amide bonds. The lowest BCUT2D eigenvalue weighted by Crippen LogP contribution is -2.27. The van der Waals surface area contributed by atoms with Gasteiger partial charge in [0.05, 0.1) is 22.4 Å². The molecular formula is C27H28BrFN4O2. The predicted molar refractivity (Wildman–Crippen MR) is 138 cm³/mol.